The van der Waals surface area contributed by atoms with E-state index in [0.717, 1.165) is 6.07 Å². The highest BCUT2D eigenvalue weighted by molar-refractivity contribution is 6.29. The molecule has 0 aliphatic rings. The molecule has 0 unspecified atom stereocenters. The fraction of sp³-hybridized carbons (Fsp3) is 0.100. The number of hydrogen-bond donors (Lipinski definition) is 0. The van der Waals surface area contributed by atoms with Crippen molar-refractivity contribution in [3.8, 4) is 11.6 Å². The molecule has 3 aromatic heterocycles. The Hall–Kier alpha value is -3.39. The predicted molar refractivity (Wildman–Crippen MR) is 101 cm³/mol. The van der Waals surface area contributed by atoms with Crippen molar-refractivity contribution in [3.63, 3.8) is 0 Å². The first-order chi connectivity index (χ1) is 13.9. The molecule has 4 aromatic rings. The van der Waals surface area contributed by atoms with Crippen LogP contribution in [0.1, 0.15) is 16.7 Å². The standard InChI is InChI=1S/C20H12ClF2N3O3/c1-10-13(7-11-4-6-24-19(21)18(11)23)20(27)29-15-9-12(8-14(22)17(10)15)28-16-3-2-5-25-26-16/h2-6,8-9H,7H2,1H3. The van der Waals surface area contributed by atoms with Crippen molar-refractivity contribution in [2.45, 2.75) is 13.3 Å². The van der Waals surface area contributed by atoms with E-state index in [9.17, 15) is 13.6 Å². The molecule has 0 bridgehead atoms. The van der Waals surface area contributed by atoms with Gasteiger partial charge in [-0.1, -0.05) is 11.6 Å². The van der Waals surface area contributed by atoms with E-state index in [2.05, 4.69) is 15.2 Å². The number of hydrogen-bond acceptors (Lipinski definition) is 6. The first-order valence-electron chi connectivity index (χ1n) is 8.44. The molecule has 0 saturated carbocycles. The summed E-state index contributed by atoms with van der Waals surface area (Å²) in [6, 6.07) is 7.10. The largest absolute Gasteiger partial charge is 0.437 e. The Morgan fingerprint density at radius 3 is 2.79 bits per heavy atom. The van der Waals surface area contributed by atoms with Crippen LogP contribution in [0.3, 0.4) is 0 Å². The topological polar surface area (TPSA) is 78.1 Å². The fourth-order valence-corrected chi connectivity index (χ4v) is 3.15. The zero-order valence-electron chi connectivity index (χ0n) is 14.9. The number of nitrogens with zero attached hydrogens (tertiary/aromatic N) is 3. The van der Waals surface area contributed by atoms with Crippen LogP contribution in [0.15, 0.2) is 51.9 Å². The average molecular weight is 416 g/mol. The van der Waals surface area contributed by atoms with Gasteiger partial charge in [0.05, 0.1) is 5.39 Å². The first-order valence-corrected chi connectivity index (χ1v) is 8.82. The third kappa shape index (κ3) is 3.66. The van der Waals surface area contributed by atoms with Crippen LogP contribution in [0, 0.1) is 18.6 Å². The number of benzene rings is 1. The summed E-state index contributed by atoms with van der Waals surface area (Å²) in [6.45, 7) is 1.57. The molecule has 0 saturated heterocycles. The van der Waals surface area contributed by atoms with E-state index in [4.69, 9.17) is 20.8 Å². The second kappa shape index (κ2) is 7.56. The second-order valence-electron chi connectivity index (χ2n) is 6.19. The van der Waals surface area contributed by atoms with E-state index in [1.54, 1.807) is 19.1 Å². The maximum Gasteiger partial charge on any atom is 0.340 e. The number of rotatable bonds is 4. The molecule has 29 heavy (non-hydrogen) atoms. The number of aryl methyl sites for hydroxylation is 1. The van der Waals surface area contributed by atoms with E-state index in [1.807, 2.05) is 0 Å². The van der Waals surface area contributed by atoms with Crippen LogP contribution in [0.5, 0.6) is 11.6 Å². The van der Waals surface area contributed by atoms with Gasteiger partial charge in [0.1, 0.15) is 17.1 Å². The van der Waals surface area contributed by atoms with Crippen LogP contribution >= 0.6 is 11.6 Å². The highest BCUT2D eigenvalue weighted by Gasteiger charge is 2.19. The Kier molecular flexibility index (Phi) is 4.94. The minimum Gasteiger partial charge on any atom is -0.437 e. The zero-order valence-corrected chi connectivity index (χ0v) is 15.7. The Morgan fingerprint density at radius 2 is 2.03 bits per heavy atom. The summed E-state index contributed by atoms with van der Waals surface area (Å²) in [5, 5.41) is 7.23. The van der Waals surface area contributed by atoms with Gasteiger partial charge < -0.3 is 9.15 Å². The number of halogens is 3. The molecule has 0 radical (unpaired) electrons. The van der Waals surface area contributed by atoms with Crippen molar-refractivity contribution >= 4 is 22.6 Å². The van der Waals surface area contributed by atoms with Gasteiger partial charge in [-0.25, -0.2) is 18.6 Å². The van der Waals surface area contributed by atoms with Crippen molar-refractivity contribution < 1.29 is 17.9 Å². The van der Waals surface area contributed by atoms with E-state index >= 15 is 0 Å². The van der Waals surface area contributed by atoms with Crippen LogP contribution in [0.25, 0.3) is 11.0 Å². The molecule has 9 heteroatoms. The molecular weight excluding hydrogens is 404 g/mol. The highest BCUT2D eigenvalue weighted by atomic mass is 35.5. The molecule has 6 nitrogen and oxygen atoms in total. The van der Waals surface area contributed by atoms with E-state index < -0.39 is 17.3 Å². The SMILES string of the molecule is Cc1c(Cc2ccnc(Cl)c2F)c(=O)oc2cc(Oc3cccnn3)cc(F)c12. The summed E-state index contributed by atoms with van der Waals surface area (Å²) in [5.41, 5.74) is -0.0863. The van der Waals surface area contributed by atoms with Gasteiger partial charge in [-0.3, -0.25) is 0 Å². The monoisotopic (exact) mass is 415 g/mol. The third-order valence-corrected chi connectivity index (χ3v) is 4.63. The van der Waals surface area contributed by atoms with Crippen LogP contribution in [-0.4, -0.2) is 15.2 Å². The molecule has 0 atom stereocenters. The lowest BCUT2D eigenvalue weighted by Crippen LogP contribution is -2.12. The Morgan fingerprint density at radius 1 is 1.21 bits per heavy atom. The number of fused-ring (bicyclic) bond motifs is 1. The molecular formula is C20H12ClF2N3O3. The third-order valence-electron chi connectivity index (χ3n) is 4.37. The van der Waals surface area contributed by atoms with Gasteiger partial charge in [0.2, 0.25) is 5.88 Å². The predicted octanol–water partition coefficient (Wildman–Crippen LogP) is 4.60. The van der Waals surface area contributed by atoms with Gasteiger partial charge in [0.15, 0.2) is 11.0 Å². The minimum absolute atomic E-state index is 0.00312. The normalized spacial score (nSPS) is 11.0. The maximum absolute atomic E-state index is 14.8. The van der Waals surface area contributed by atoms with Crippen LogP contribution in [0.4, 0.5) is 8.78 Å². The van der Waals surface area contributed by atoms with Crippen molar-refractivity contribution in [1.82, 2.24) is 15.2 Å². The Labute approximate surface area is 167 Å². The maximum atomic E-state index is 14.8. The molecule has 146 valence electrons. The van der Waals surface area contributed by atoms with Gasteiger partial charge in [-0.05, 0) is 30.2 Å². The van der Waals surface area contributed by atoms with Crippen molar-refractivity contribution in [2.24, 2.45) is 0 Å². The molecule has 0 amide bonds. The molecule has 3 heterocycles. The number of aromatic nitrogens is 3. The molecule has 0 N–H and O–H groups in total. The average Bonchev–Trinajstić information content (AvgIpc) is 2.68. The van der Waals surface area contributed by atoms with Crippen LogP contribution < -0.4 is 10.4 Å². The van der Waals surface area contributed by atoms with Gasteiger partial charge in [-0.15, -0.1) is 5.10 Å². The quantitative estimate of drug-likeness (QED) is 0.358. The molecule has 1 aromatic carbocycles. The summed E-state index contributed by atoms with van der Waals surface area (Å²) in [6.07, 6.45) is 2.68. The van der Waals surface area contributed by atoms with Gasteiger partial charge in [0.25, 0.3) is 0 Å². The lowest BCUT2D eigenvalue weighted by atomic mass is 9.99. The second-order valence-corrected chi connectivity index (χ2v) is 6.54. The van der Waals surface area contributed by atoms with Gasteiger partial charge in [0, 0.05) is 42.6 Å². The van der Waals surface area contributed by atoms with Gasteiger partial charge >= 0.3 is 5.63 Å². The fourth-order valence-electron chi connectivity index (χ4n) is 2.98. The van der Waals surface area contributed by atoms with Crippen LogP contribution in [-0.2, 0) is 6.42 Å². The van der Waals surface area contributed by atoms with E-state index in [-0.39, 0.29) is 45.3 Å². The first kappa shape index (κ1) is 18.9. The molecule has 0 aliphatic carbocycles. The lowest BCUT2D eigenvalue weighted by molar-refractivity contribution is 0.449. The molecule has 0 spiro atoms. The summed E-state index contributed by atoms with van der Waals surface area (Å²) in [4.78, 5) is 16.2. The minimum atomic E-state index is -0.735. The van der Waals surface area contributed by atoms with Crippen molar-refractivity contribution in [1.29, 1.82) is 0 Å². The van der Waals surface area contributed by atoms with E-state index in [0.29, 0.717) is 5.56 Å². The zero-order chi connectivity index (χ0) is 20.5. The molecule has 4 rings (SSSR count). The van der Waals surface area contributed by atoms with Gasteiger partial charge in [-0.2, -0.15) is 5.10 Å². The van der Waals surface area contributed by atoms with Crippen molar-refractivity contribution in [3.05, 3.63) is 86.6 Å². The van der Waals surface area contributed by atoms with E-state index in [1.165, 1.54) is 24.5 Å². The summed E-state index contributed by atoms with van der Waals surface area (Å²) in [5.74, 6) is -1.14. The highest BCUT2D eigenvalue weighted by Crippen LogP contribution is 2.30. The summed E-state index contributed by atoms with van der Waals surface area (Å²) >= 11 is 5.69. The van der Waals surface area contributed by atoms with Crippen LogP contribution in [0.2, 0.25) is 5.15 Å². The smallest absolute Gasteiger partial charge is 0.340 e. The Bertz CT molecular complexity index is 1280. The number of ether oxygens (including phenoxy) is 1. The van der Waals surface area contributed by atoms with Crippen molar-refractivity contribution in [2.75, 3.05) is 0 Å². The lowest BCUT2D eigenvalue weighted by Gasteiger charge is -2.11. The number of pyridine rings is 1. The molecule has 0 aliphatic heterocycles. The molecule has 0 fully saturated rings. The summed E-state index contributed by atoms with van der Waals surface area (Å²) in [7, 11) is 0. The Balaban J connectivity index is 1.79. The summed E-state index contributed by atoms with van der Waals surface area (Å²) < 4.78 is 39.7.